The van der Waals surface area contributed by atoms with Gasteiger partial charge in [0.05, 0.1) is 18.3 Å². The third kappa shape index (κ3) is 4.94. The van der Waals surface area contributed by atoms with Gasteiger partial charge in [0.2, 0.25) is 0 Å². The number of benzene rings is 3. The Morgan fingerprint density at radius 3 is 2.34 bits per heavy atom. The minimum atomic E-state index is -0.944. The SMILES string of the molecule is CC(O)(Cc1ccccc1-c1ccccc1)C1CN(Cc2ccccc2)CCO1. The van der Waals surface area contributed by atoms with Crippen molar-refractivity contribution < 1.29 is 9.84 Å². The van der Waals surface area contributed by atoms with Crippen LogP contribution in [0.4, 0.5) is 0 Å². The van der Waals surface area contributed by atoms with E-state index in [-0.39, 0.29) is 6.10 Å². The van der Waals surface area contributed by atoms with E-state index in [2.05, 4.69) is 71.6 Å². The van der Waals surface area contributed by atoms with E-state index in [0.717, 1.165) is 25.2 Å². The zero-order chi connectivity index (χ0) is 20.1. The van der Waals surface area contributed by atoms with Crippen molar-refractivity contribution in [2.75, 3.05) is 19.7 Å². The maximum atomic E-state index is 11.4. The summed E-state index contributed by atoms with van der Waals surface area (Å²) in [4.78, 5) is 2.38. The summed E-state index contributed by atoms with van der Waals surface area (Å²) in [6.45, 7) is 5.06. The van der Waals surface area contributed by atoms with Gasteiger partial charge in [-0.25, -0.2) is 0 Å². The first-order valence-electron chi connectivity index (χ1n) is 10.4. The molecular formula is C26H29NO2. The lowest BCUT2D eigenvalue weighted by atomic mass is 9.86. The Bertz CT molecular complexity index is 908. The second kappa shape index (κ2) is 8.91. The smallest absolute Gasteiger partial charge is 0.0989 e. The van der Waals surface area contributed by atoms with E-state index < -0.39 is 5.60 Å². The van der Waals surface area contributed by atoms with Gasteiger partial charge in [0.25, 0.3) is 0 Å². The van der Waals surface area contributed by atoms with Gasteiger partial charge in [-0.15, -0.1) is 0 Å². The molecule has 0 spiro atoms. The number of nitrogens with zero attached hydrogens (tertiary/aromatic N) is 1. The summed E-state index contributed by atoms with van der Waals surface area (Å²) in [5.41, 5.74) is 3.84. The molecule has 29 heavy (non-hydrogen) atoms. The largest absolute Gasteiger partial charge is 0.387 e. The van der Waals surface area contributed by atoms with Crippen LogP contribution in [0.5, 0.6) is 0 Å². The molecule has 0 radical (unpaired) electrons. The van der Waals surface area contributed by atoms with Crippen LogP contribution in [-0.2, 0) is 17.7 Å². The number of ether oxygens (including phenoxy) is 1. The lowest BCUT2D eigenvalue weighted by Crippen LogP contribution is -2.53. The summed E-state index contributed by atoms with van der Waals surface area (Å²) < 4.78 is 6.04. The first-order valence-corrected chi connectivity index (χ1v) is 10.4. The zero-order valence-corrected chi connectivity index (χ0v) is 17.0. The predicted molar refractivity (Wildman–Crippen MR) is 118 cm³/mol. The molecule has 1 fully saturated rings. The summed E-state index contributed by atoms with van der Waals surface area (Å²) in [6.07, 6.45) is 0.339. The van der Waals surface area contributed by atoms with Crippen molar-refractivity contribution in [2.24, 2.45) is 0 Å². The van der Waals surface area contributed by atoms with Crippen molar-refractivity contribution in [1.82, 2.24) is 4.90 Å². The van der Waals surface area contributed by atoms with E-state index in [1.165, 1.54) is 16.7 Å². The van der Waals surface area contributed by atoms with E-state index >= 15 is 0 Å². The highest BCUT2D eigenvalue weighted by atomic mass is 16.5. The molecule has 3 aromatic rings. The molecular weight excluding hydrogens is 358 g/mol. The van der Waals surface area contributed by atoms with Gasteiger partial charge in [-0.05, 0) is 29.2 Å². The van der Waals surface area contributed by atoms with E-state index in [1.807, 2.05) is 25.1 Å². The molecule has 2 unspecified atom stereocenters. The molecule has 0 amide bonds. The molecule has 1 heterocycles. The molecule has 3 nitrogen and oxygen atoms in total. The average Bonchev–Trinajstić information content (AvgIpc) is 2.75. The van der Waals surface area contributed by atoms with E-state index in [9.17, 15) is 5.11 Å². The van der Waals surface area contributed by atoms with Gasteiger partial charge in [0.1, 0.15) is 0 Å². The Morgan fingerprint density at radius 1 is 0.931 bits per heavy atom. The Labute approximate surface area is 173 Å². The molecule has 1 aliphatic rings. The molecule has 4 rings (SSSR count). The van der Waals surface area contributed by atoms with Gasteiger partial charge >= 0.3 is 0 Å². The zero-order valence-electron chi connectivity index (χ0n) is 17.0. The van der Waals surface area contributed by atoms with Crippen LogP contribution in [-0.4, -0.2) is 41.4 Å². The van der Waals surface area contributed by atoms with Crippen molar-refractivity contribution in [1.29, 1.82) is 0 Å². The highest BCUT2D eigenvalue weighted by Gasteiger charge is 2.37. The maximum Gasteiger partial charge on any atom is 0.0989 e. The fourth-order valence-corrected chi connectivity index (χ4v) is 4.14. The first-order chi connectivity index (χ1) is 14.1. The Kier molecular flexibility index (Phi) is 6.10. The second-order valence-electron chi connectivity index (χ2n) is 8.14. The highest BCUT2D eigenvalue weighted by Crippen LogP contribution is 2.29. The van der Waals surface area contributed by atoms with Crippen LogP contribution in [0.15, 0.2) is 84.9 Å². The third-order valence-electron chi connectivity index (χ3n) is 5.74. The fraction of sp³-hybridized carbons (Fsp3) is 0.308. The molecule has 0 saturated carbocycles. The van der Waals surface area contributed by atoms with E-state index in [1.54, 1.807) is 0 Å². The molecule has 1 aliphatic heterocycles. The number of morpholine rings is 1. The first kappa shape index (κ1) is 19.8. The fourth-order valence-electron chi connectivity index (χ4n) is 4.14. The summed E-state index contributed by atoms with van der Waals surface area (Å²) in [5, 5.41) is 11.4. The molecule has 150 valence electrons. The second-order valence-corrected chi connectivity index (χ2v) is 8.14. The van der Waals surface area contributed by atoms with Crippen LogP contribution in [0.1, 0.15) is 18.1 Å². The van der Waals surface area contributed by atoms with Gasteiger partial charge in [-0.2, -0.15) is 0 Å². The van der Waals surface area contributed by atoms with E-state index in [4.69, 9.17) is 4.74 Å². The minimum Gasteiger partial charge on any atom is -0.387 e. The molecule has 2 atom stereocenters. The van der Waals surface area contributed by atoms with Crippen molar-refractivity contribution in [2.45, 2.75) is 31.6 Å². The Balaban J connectivity index is 1.49. The van der Waals surface area contributed by atoms with Crippen LogP contribution < -0.4 is 0 Å². The Morgan fingerprint density at radius 2 is 1.59 bits per heavy atom. The topological polar surface area (TPSA) is 32.7 Å². The Hall–Kier alpha value is -2.46. The van der Waals surface area contributed by atoms with Crippen molar-refractivity contribution in [3.05, 3.63) is 96.1 Å². The van der Waals surface area contributed by atoms with Crippen molar-refractivity contribution in [3.8, 4) is 11.1 Å². The maximum absolute atomic E-state index is 11.4. The van der Waals surface area contributed by atoms with Crippen LogP contribution in [0.25, 0.3) is 11.1 Å². The number of aliphatic hydroxyl groups is 1. The minimum absolute atomic E-state index is 0.219. The van der Waals surface area contributed by atoms with Crippen LogP contribution in [0.2, 0.25) is 0 Å². The van der Waals surface area contributed by atoms with Gasteiger partial charge in [0.15, 0.2) is 0 Å². The van der Waals surface area contributed by atoms with E-state index in [0.29, 0.717) is 13.0 Å². The van der Waals surface area contributed by atoms with Gasteiger partial charge in [-0.3, -0.25) is 4.90 Å². The highest BCUT2D eigenvalue weighted by molar-refractivity contribution is 5.67. The van der Waals surface area contributed by atoms with Crippen LogP contribution >= 0.6 is 0 Å². The number of rotatable bonds is 6. The predicted octanol–water partition coefficient (Wildman–Crippen LogP) is 4.55. The standard InChI is InChI=1S/C26H29NO2/c1-26(28,18-23-14-8-9-15-24(23)22-12-6-3-7-13-22)25-20-27(16-17-29-25)19-21-10-4-2-5-11-21/h2-15,25,28H,16-20H2,1H3. The summed E-state index contributed by atoms with van der Waals surface area (Å²) in [5.74, 6) is 0. The monoisotopic (exact) mass is 387 g/mol. The van der Waals surface area contributed by atoms with Crippen LogP contribution in [0, 0.1) is 0 Å². The third-order valence-corrected chi connectivity index (χ3v) is 5.74. The molecule has 1 saturated heterocycles. The molecule has 0 bridgehead atoms. The van der Waals surface area contributed by atoms with Crippen molar-refractivity contribution >= 4 is 0 Å². The quantitative estimate of drug-likeness (QED) is 0.674. The van der Waals surface area contributed by atoms with Gasteiger partial charge in [0, 0.05) is 26.1 Å². The molecule has 3 aromatic carbocycles. The average molecular weight is 388 g/mol. The lowest BCUT2D eigenvalue weighted by molar-refractivity contribution is -0.136. The molecule has 0 aliphatic carbocycles. The normalized spacial score (nSPS) is 19.6. The van der Waals surface area contributed by atoms with Gasteiger partial charge in [-0.1, -0.05) is 84.9 Å². The van der Waals surface area contributed by atoms with Crippen LogP contribution in [0.3, 0.4) is 0 Å². The molecule has 3 heteroatoms. The summed E-state index contributed by atoms with van der Waals surface area (Å²) >= 11 is 0. The number of hydrogen-bond donors (Lipinski definition) is 1. The summed E-state index contributed by atoms with van der Waals surface area (Å²) in [7, 11) is 0. The van der Waals surface area contributed by atoms with Gasteiger partial charge < -0.3 is 9.84 Å². The molecule has 1 N–H and O–H groups in total. The number of hydrogen-bond acceptors (Lipinski definition) is 3. The van der Waals surface area contributed by atoms with Crippen molar-refractivity contribution in [3.63, 3.8) is 0 Å². The molecule has 0 aromatic heterocycles. The summed E-state index contributed by atoms with van der Waals surface area (Å²) in [6, 6.07) is 29.2. The lowest BCUT2D eigenvalue weighted by Gasteiger charge is -2.40.